The molecule has 4 fully saturated rings. The Labute approximate surface area is 372 Å². The molecule has 16 rings (SSSR count). The van der Waals surface area contributed by atoms with E-state index in [1.165, 1.54) is 109 Å². The minimum atomic E-state index is 0.177. The summed E-state index contributed by atoms with van der Waals surface area (Å²) in [7, 11) is 0. The number of hydrogen-bond acceptors (Lipinski definition) is 1. The zero-order valence-corrected chi connectivity index (χ0v) is 35.6. The van der Waals surface area contributed by atoms with E-state index in [4.69, 9.17) is 4.98 Å². The highest BCUT2D eigenvalue weighted by Crippen LogP contribution is 2.69. The molecule has 0 N–H and O–H groups in total. The van der Waals surface area contributed by atoms with Crippen LogP contribution in [0.2, 0.25) is 0 Å². The first kappa shape index (κ1) is 35.3. The van der Waals surface area contributed by atoms with Gasteiger partial charge in [0.2, 0.25) is 0 Å². The largest absolute Gasteiger partial charge is 0.309 e. The van der Waals surface area contributed by atoms with Gasteiger partial charge in [-0.1, -0.05) is 121 Å². The molecule has 11 aromatic rings. The van der Waals surface area contributed by atoms with Gasteiger partial charge in [-0.05, 0) is 166 Å². The molecule has 3 aromatic heterocycles. The summed E-state index contributed by atoms with van der Waals surface area (Å²) in [5, 5.41) is 7.32. The van der Waals surface area contributed by atoms with Gasteiger partial charge in [0.05, 0.1) is 22.1 Å². The van der Waals surface area contributed by atoms with E-state index in [1.807, 2.05) is 6.20 Å². The number of benzene rings is 8. The Morgan fingerprint density at radius 3 is 1.64 bits per heavy atom. The van der Waals surface area contributed by atoms with Gasteiger partial charge in [-0.25, -0.2) is 4.98 Å². The fraction of sp³-hybridized carbons (Fsp3) is 0.164. The van der Waals surface area contributed by atoms with Gasteiger partial charge in [-0.2, -0.15) is 0 Å². The van der Waals surface area contributed by atoms with E-state index in [0.717, 1.165) is 45.9 Å². The van der Waals surface area contributed by atoms with Crippen LogP contribution in [0, 0.1) is 23.7 Å². The normalized spacial score (nSPS) is 21.8. The molecule has 0 amide bonds. The lowest BCUT2D eigenvalue weighted by Gasteiger charge is -2.61. The van der Waals surface area contributed by atoms with E-state index in [1.54, 1.807) is 11.1 Å². The van der Waals surface area contributed by atoms with Gasteiger partial charge in [0, 0.05) is 44.2 Å². The minimum absolute atomic E-state index is 0.177. The maximum Gasteiger partial charge on any atom is 0.145 e. The molecule has 1 spiro atoms. The van der Waals surface area contributed by atoms with Gasteiger partial charge in [-0.3, -0.25) is 4.57 Å². The Bertz CT molecular complexity index is 3720. The second kappa shape index (κ2) is 12.9. The SMILES string of the molecule is c1ccc2c(c1)-c1ccc(-c3ccc(-n4c5ccccc5c5cc(-c6ccc7c(c6)c6ccccc6n7-c6nccc7ccccc67)ccc54)cc3)cc1C21C2CC3CC(C2)CC1C3. The highest BCUT2D eigenvalue weighted by molar-refractivity contribution is 6.13. The fourth-order valence-corrected chi connectivity index (χ4v) is 14.2. The minimum Gasteiger partial charge on any atom is -0.309 e. The molecule has 0 saturated heterocycles. The molecule has 0 aliphatic heterocycles. The lowest BCUT2D eigenvalue weighted by Crippen LogP contribution is -2.55. The second-order valence-electron chi connectivity index (χ2n) is 19.6. The molecular formula is C61H45N3. The molecule has 0 radical (unpaired) electrons. The molecule has 304 valence electrons. The Morgan fingerprint density at radius 2 is 0.922 bits per heavy atom. The molecular weight excluding hydrogens is 775 g/mol. The molecule has 0 atom stereocenters. The summed E-state index contributed by atoms with van der Waals surface area (Å²) in [5.74, 6) is 4.38. The molecule has 3 heteroatoms. The molecule has 8 aromatic carbocycles. The molecule has 5 aliphatic carbocycles. The van der Waals surface area contributed by atoms with E-state index in [-0.39, 0.29) is 5.41 Å². The molecule has 64 heavy (non-hydrogen) atoms. The summed E-state index contributed by atoms with van der Waals surface area (Å²) in [5.41, 5.74) is 17.4. The highest BCUT2D eigenvalue weighted by Gasteiger charge is 2.61. The van der Waals surface area contributed by atoms with Crippen molar-refractivity contribution in [3.63, 3.8) is 0 Å². The lowest BCUT2D eigenvalue weighted by atomic mass is 9.43. The van der Waals surface area contributed by atoms with Crippen molar-refractivity contribution in [3.8, 4) is 44.9 Å². The van der Waals surface area contributed by atoms with Gasteiger partial charge >= 0.3 is 0 Å². The molecule has 5 aliphatic rings. The van der Waals surface area contributed by atoms with Gasteiger partial charge in [0.25, 0.3) is 0 Å². The van der Waals surface area contributed by atoms with Crippen molar-refractivity contribution in [1.29, 1.82) is 0 Å². The van der Waals surface area contributed by atoms with Crippen molar-refractivity contribution in [2.75, 3.05) is 0 Å². The van der Waals surface area contributed by atoms with Crippen molar-refractivity contribution < 1.29 is 0 Å². The number of para-hydroxylation sites is 2. The van der Waals surface area contributed by atoms with Crippen LogP contribution in [-0.4, -0.2) is 14.1 Å². The maximum atomic E-state index is 4.95. The smallest absolute Gasteiger partial charge is 0.145 e. The molecule has 3 nitrogen and oxygen atoms in total. The predicted octanol–water partition coefficient (Wildman–Crippen LogP) is 15.5. The van der Waals surface area contributed by atoms with Crippen LogP contribution in [0.15, 0.2) is 188 Å². The summed E-state index contributed by atoms with van der Waals surface area (Å²) < 4.78 is 4.79. The van der Waals surface area contributed by atoms with Crippen LogP contribution in [0.4, 0.5) is 0 Å². The summed E-state index contributed by atoms with van der Waals surface area (Å²) in [6.07, 6.45) is 9.04. The number of nitrogens with zero attached hydrogens (tertiary/aromatic N) is 3. The Morgan fingerprint density at radius 1 is 0.391 bits per heavy atom. The Balaban J connectivity index is 0.820. The Kier molecular flexibility index (Phi) is 7.12. The fourth-order valence-electron chi connectivity index (χ4n) is 14.2. The van der Waals surface area contributed by atoms with E-state index in [2.05, 4.69) is 191 Å². The third-order valence-electron chi connectivity index (χ3n) is 16.6. The summed E-state index contributed by atoms with van der Waals surface area (Å²) in [4.78, 5) is 4.95. The quantitative estimate of drug-likeness (QED) is 0.173. The van der Waals surface area contributed by atoms with Gasteiger partial charge in [0.15, 0.2) is 0 Å². The number of pyridine rings is 1. The first-order chi connectivity index (χ1) is 31.7. The van der Waals surface area contributed by atoms with Gasteiger partial charge < -0.3 is 4.57 Å². The lowest BCUT2D eigenvalue weighted by molar-refractivity contribution is -0.0399. The highest BCUT2D eigenvalue weighted by atomic mass is 15.1. The first-order valence-corrected chi connectivity index (χ1v) is 23.5. The van der Waals surface area contributed by atoms with E-state index in [9.17, 15) is 0 Å². The van der Waals surface area contributed by atoms with Crippen LogP contribution in [0.1, 0.15) is 43.2 Å². The molecule has 4 bridgehead atoms. The zero-order valence-electron chi connectivity index (χ0n) is 35.6. The van der Waals surface area contributed by atoms with Crippen molar-refractivity contribution in [2.45, 2.75) is 37.5 Å². The summed E-state index contributed by atoms with van der Waals surface area (Å²) in [6.45, 7) is 0. The number of rotatable bonds is 4. The number of aromatic nitrogens is 3. The summed E-state index contributed by atoms with van der Waals surface area (Å²) >= 11 is 0. The predicted molar refractivity (Wildman–Crippen MR) is 265 cm³/mol. The van der Waals surface area contributed by atoms with E-state index in [0.29, 0.717) is 0 Å². The maximum absolute atomic E-state index is 4.95. The van der Waals surface area contributed by atoms with Crippen LogP contribution in [0.25, 0.3) is 99.3 Å². The van der Waals surface area contributed by atoms with Crippen LogP contribution < -0.4 is 0 Å². The standard InChI is InChI=1S/C61H45N3/c1-2-10-47-40(9-1)27-28-62-60(47)64-57-16-8-5-13-51(57)53-35-42(21-26-59(53)64)41-20-25-58-52(34-41)50-12-4-7-15-56(50)63(58)46-22-17-39(18-23-46)43-19-24-49-48-11-3-6-14-54(48)61(55(49)36-43)44-30-37-29-38(32-44)33-45(61)31-37/h1-28,34-38,44-45H,29-33H2. The van der Waals surface area contributed by atoms with Crippen molar-refractivity contribution in [3.05, 3.63) is 199 Å². The van der Waals surface area contributed by atoms with Crippen molar-refractivity contribution >= 4 is 54.4 Å². The third-order valence-corrected chi connectivity index (χ3v) is 16.6. The number of fused-ring (bicyclic) bond motifs is 10. The molecule has 3 heterocycles. The van der Waals surface area contributed by atoms with Crippen LogP contribution in [0.5, 0.6) is 0 Å². The van der Waals surface area contributed by atoms with Crippen molar-refractivity contribution in [2.24, 2.45) is 23.7 Å². The average molecular weight is 820 g/mol. The zero-order chi connectivity index (χ0) is 41.7. The van der Waals surface area contributed by atoms with E-state index < -0.39 is 0 Å². The second-order valence-corrected chi connectivity index (χ2v) is 19.6. The van der Waals surface area contributed by atoms with Gasteiger partial charge in [-0.15, -0.1) is 0 Å². The van der Waals surface area contributed by atoms with Crippen LogP contribution in [-0.2, 0) is 5.41 Å². The summed E-state index contributed by atoms with van der Waals surface area (Å²) in [6, 6.07) is 68.5. The number of hydrogen-bond donors (Lipinski definition) is 0. The third kappa shape index (κ3) is 4.69. The topological polar surface area (TPSA) is 22.8 Å². The molecule has 0 unspecified atom stereocenters. The monoisotopic (exact) mass is 819 g/mol. The van der Waals surface area contributed by atoms with E-state index >= 15 is 0 Å². The van der Waals surface area contributed by atoms with Gasteiger partial charge in [0.1, 0.15) is 5.82 Å². The Hall–Kier alpha value is -7.23. The first-order valence-electron chi connectivity index (χ1n) is 23.5. The van der Waals surface area contributed by atoms with Crippen LogP contribution >= 0.6 is 0 Å². The van der Waals surface area contributed by atoms with Crippen LogP contribution in [0.3, 0.4) is 0 Å². The average Bonchev–Trinajstić information content (AvgIpc) is 3.96. The molecule has 4 saturated carbocycles. The van der Waals surface area contributed by atoms with Crippen molar-refractivity contribution in [1.82, 2.24) is 14.1 Å².